The SMILES string of the molecule is Cc1nc(CN2NC(C(F)(F)C(F)F)=NC2C(F)(F)F)ncc1NC(=O)c1cccc(Cl)c1C(=O)NC(C)CS(C)=O. The van der Waals surface area contributed by atoms with E-state index in [9.17, 15) is 44.5 Å². The van der Waals surface area contributed by atoms with Crippen LogP contribution < -0.4 is 16.1 Å². The molecule has 1 aromatic carbocycles. The lowest BCUT2D eigenvalue weighted by Crippen LogP contribution is -2.51. The summed E-state index contributed by atoms with van der Waals surface area (Å²) in [6.45, 7) is 2.08. The Balaban J connectivity index is 1.79. The minimum absolute atomic E-state index is 0.0206. The number of carbonyl (C=O) groups excluding carboxylic acids is 2. The van der Waals surface area contributed by atoms with Crippen molar-refractivity contribution in [2.75, 3.05) is 17.3 Å². The minimum Gasteiger partial charge on any atom is -0.349 e. The molecule has 3 unspecified atom stereocenters. The Bertz CT molecular complexity index is 1410. The zero-order chi connectivity index (χ0) is 31.6. The van der Waals surface area contributed by atoms with Crippen LogP contribution in [0.4, 0.5) is 36.4 Å². The van der Waals surface area contributed by atoms with E-state index in [1.165, 1.54) is 31.4 Å². The van der Waals surface area contributed by atoms with Crippen molar-refractivity contribution in [1.29, 1.82) is 0 Å². The van der Waals surface area contributed by atoms with Crippen LogP contribution in [-0.2, 0) is 17.3 Å². The van der Waals surface area contributed by atoms with Gasteiger partial charge >= 0.3 is 18.5 Å². The molecule has 42 heavy (non-hydrogen) atoms. The molecule has 2 amide bonds. The van der Waals surface area contributed by atoms with Gasteiger partial charge in [-0.05, 0) is 26.0 Å². The quantitative estimate of drug-likeness (QED) is 0.336. The summed E-state index contributed by atoms with van der Waals surface area (Å²) >= 11 is 6.18. The molecule has 0 bridgehead atoms. The zero-order valence-electron chi connectivity index (χ0n) is 21.9. The van der Waals surface area contributed by atoms with Crippen LogP contribution in [0.3, 0.4) is 0 Å². The second-order valence-electron chi connectivity index (χ2n) is 9.07. The summed E-state index contributed by atoms with van der Waals surface area (Å²) in [5, 5.41) is 5.14. The Kier molecular flexibility index (Phi) is 10.1. The van der Waals surface area contributed by atoms with Crippen LogP contribution in [0, 0.1) is 6.92 Å². The monoisotopic (exact) mass is 645 g/mol. The summed E-state index contributed by atoms with van der Waals surface area (Å²) in [5.41, 5.74) is 1.26. The van der Waals surface area contributed by atoms with Gasteiger partial charge in [0, 0.05) is 28.9 Å². The second-order valence-corrected chi connectivity index (χ2v) is 11.0. The number of halogens is 8. The van der Waals surface area contributed by atoms with Gasteiger partial charge in [-0.2, -0.15) is 27.0 Å². The van der Waals surface area contributed by atoms with E-state index in [0.717, 1.165) is 6.20 Å². The molecular weight excluding hydrogens is 623 g/mol. The fourth-order valence-corrected chi connectivity index (χ4v) is 4.80. The number of carbonyl (C=O) groups is 2. The molecule has 0 radical (unpaired) electrons. The predicted molar refractivity (Wildman–Crippen MR) is 139 cm³/mol. The predicted octanol–water partition coefficient (Wildman–Crippen LogP) is 3.70. The highest BCUT2D eigenvalue weighted by atomic mass is 35.5. The van der Waals surface area contributed by atoms with Gasteiger partial charge < -0.3 is 10.6 Å². The van der Waals surface area contributed by atoms with Gasteiger partial charge in [-0.1, -0.05) is 17.7 Å². The van der Waals surface area contributed by atoms with Gasteiger partial charge in [0.1, 0.15) is 5.82 Å². The first-order chi connectivity index (χ1) is 19.4. The third-order valence-corrected chi connectivity index (χ3v) is 6.90. The molecule has 0 saturated heterocycles. The van der Waals surface area contributed by atoms with E-state index in [4.69, 9.17) is 11.6 Å². The average molecular weight is 646 g/mol. The van der Waals surface area contributed by atoms with E-state index >= 15 is 0 Å². The molecule has 2 aromatic rings. The lowest BCUT2D eigenvalue weighted by molar-refractivity contribution is -0.183. The third kappa shape index (κ3) is 7.71. The van der Waals surface area contributed by atoms with Crippen molar-refractivity contribution < 1.29 is 44.5 Å². The van der Waals surface area contributed by atoms with Gasteiger partial charge in [0.25, 0.3) is 11.8 Å². The molecule has 1 aromatic heterocycles. The number of benzene rings is 1. The first kappa shape index (κ1) is 33.1. The van der Waals surface area contributed by atoms with E-state index in [-0.39, 0.29) is 44.1 Å². The Hall–Kier alpha value is -3.38. The van der Waals surface area contributed by atoms with Crippen LogP contribution in [0.5, 0.6) is 0 Å². The van der Waals surface area contributed by atoms with Crippen molar-refractivity contribution in [3.63, 3.8) is 0 Å². The molecular formula is C23H23ClF7N7O3S. The lowest BCUT2D eigenvalue weighted by atomic mass is 10.1. The summed E-state index contributed by atoms with van der Waals surface area (Å²) < 4.78 is 104. The van der Waals surface area contributed by atoms with Gasteiger partial charge in [0.2, 0.25) is 6.17 Å². The van der Waals surface area contributed by atoms with Gasteiger partial charge in [-0.3, -0.25) is 19.2 Å². The molecule has 0 spiro atoms. The highest BCUT2D eigenvalue weighted by Crippen LogP contribution is 2.33. The zero-order valence-corrected chi connectivity index (χ0v) is 23.5. The van der Waals surface area contributed by atoms with Crippen LogP contribution in [0.1, 0.15) is 39.2 Å². The number of anilines is 1. The number of rotatable bonds is 10. The number of nitrogens with one attached hydrogen (secondary N) is 3. The highest BCUT2D eigenvalue weighted by Gasteiger charge is 2.55. The summed E-state index contributed by atoms with van der Waals surface area (Å²) in [6.07, 6.45) is -9.96. The largest absolute Gasteiger partial charge is 0.425 e. The van der Waals surface area contributed by atoms with E-state index in [1.54, 1.807) is 12.3 Å². The number of aliphatic imine (C=N–C) groups is 1. The molecule has 1 aliphatic heterocycles. The van der Waals surface area contributed by atoms with Crippen LogP contribution in [0.15, 0.2) is 29.4 Å². The topological polar surface area (TPSA) is 129 Å². The fraction of sp³-hybridized carbons (Fsp3) is 0.435. The van der Waals surface area contributed by atoms with Gasteiger partial charge in [-0.15, -0.1) is 0 Å². The number of hydrogen-bond donors (Lipinski definition) is 3. The standard InChI is InChI=1S/C23H23ClF7N7O3S/c1-10(9-42(3)41)33-18(40)16-12(5-4-6-13(16)24)17(39)35-14-7-32-15(34-11(14)2)8-38-21(23(29,30)31)36-20(37-38)22(27,28)19(25)26/h4-7,10,19,21H,8-9H2,1-3H3,(H,33,40)(H,35,39)(H,36,37). The molecule has 0 saturated carbocycles. The fourth-order valence-electron chi connectivity index (χ4n) is 3.75. The summed E-state index contributed by atoms with van der Waals surface area (Å²) in [4.78, 5) is 36.4. The third-order valence-electron chi connectivity index (χ3n) is 5.62. The summed E-state index contributed by atoms with van der Waals surface area (Å²) in [7, 11) is -1.21. The number of aryl methyl sites for hydroxylation is 1. The maximum atomic E-state index is 13.7. The molecule has 3 rings (SSSR count). The molecule has 2 heterocycles. The molecule has 19 heteroatoms. The van der Waals surface area contributed by atoms with Crippen molar-refractivity contribution in [1.82, 2.24) is 25.7 Å². The molecule has 1 aliphatic rings. The number of nitrogens with zero attached hydrogens (tertiary/aromatic N) is 4. The Morgan fingerprint density at radius 2 is 1.86 bits per heavy atom. The van der Waals surface area contributed by atoms with Crippen LogP contribution in [-0.4, -0.2) is 79.6 Å². The maximum absolute atomic E-state index is 13.7. The van der Waals surface area contributed by atoms with Crippen molar-refractivity contribution in [2.24, 2.45) is 4.99 Å². The van der Waals surface area contributed by atoms with Gasteiger partial charge in [0.15, 0.2) is 5.84 Å². The molecule has 3 atom stereocenters. The number of alkyl halides is 7. The van der Waals surface area contributed by atoms with E-state index in [2.05, 4.69) is 25.6 Å². The second kappa shape index (κ2) is 12.9. The first-order valence-corrected chi connectivity index (χ1v) is 13.9. The van der Waals surface area contributed by atoms with Crippen LogP contribution in [0.2, 0.25) is 5.02 Å². The summed E-state index contributed by atoms with van der Waals surface area (Å²) in [5.74, 6) is -8.55. The molecule has 230 valence electrons. The van der Waals surface area contributed by atoms with E-state index < -0.39 is 65.7 Å². The van der Waals surface area contributed by atoms with E-state index in [1.807, 2.05) is 0 Å². The number of amidine groups is 1. The Morgan fingerprint density at radius 3 is 2.43 bits per heavy atom. The highest BCUT2D eigenvalue weighted by molar-refractivity contribution is 7.84. The van der Waals surface area contributed by atoms with Crippen LogP contribution in [0.25, 0.3) is 0 Å². The minimum atomic E-state index is -5.21. The molecule has 3 N–H and O–H groups in total. The smallest absolute Gasteiger partial charge is 0.349 e. The number of aromatic nitrogens is 2. The number of hydrazine groups is 1. The normalized spacial score (nSPS) is 17.4. The number of hydrogen-bond acceptors (Lipinski definition) is 8. The molecule has 10 nitrogen and oxygen atoms in total. The van der Waals surface area contributed by atoms with Crippen molar-refractivity contribution in [2.45, 2.75) is 51.1 Å². The number of amides is 2. The van der Waals surface area contributed by atoms with Crippen molar-refractivity contribution >= 4 is 45.7 Å². The Labute approximate surface area is 241 Å². The Morgan fingerprint density at radius 1 is 1.19 bits per heavy atom. The van der Waals surface area contributed by atoms with E-state index in [0.29, 0.717) is 0 Å². The van der Waals surface area contributed by atoms with Crippen LogP contribution >= 0.6 is 11.6 Å². The lowest BCUT2D eigenvalue weighted by Gasteiger charge is -2.25. The summed E-state index contributed by atoms with van der Waals surface area (Å²) in [6, 6.07) is 3.60. The van der Waals surface area contributed by atoms with Crippen molar-refractivity contribution in [3.8, 4) is 0 Å². The molecule has 0 aliphatic carbocycles. The van der Waals surface area contributed by atoms with Crippen molar-refractivity contribution in [3.05, 3.63) is 52.1 Å². The molecule has 0 fully saturated rings. The average Bonchev–Trinajstić information content (AvgIpc) is 3.30. The first-order valence-electron chi connectivity index (χ1n) is 11.8. The van der Waals surface area contributed by atoms with Gasteiger partial charge in [0.05, 0.1) is 40.3 Å². The maximum Gasteiger partial charge on any atom is 0.425 e. The van der Waals surface area contributed by atoms with Gasteiger partial charge in [-0.25, -0.2) is 23.7 Å².